The van der Waals surface area contributed by atoms with Gasteiger partial charge in [0.15, 0.2) is 0 Å². The molecule has 120 valence electrons. The smallest absolute Gasteiger partial charge is 0.335 e. The molecule has 3 nitrogen and oxygen atoms in total. The van der Waals surface area contributed by atoms with Crippen molar-refractivity contribution in [1.29, 1.82) is 0 Å². The molecule has 2 N–H and O–H groups in total. The lowest BCUT2D eigenvalue weighted by Gasteiger charge is -2.43. The Morgan fingerprint density at radius 1 is 1.13 bits per heavy atom. The fourth-order valence-corrected chi connectivity index (χ4v) is 3.16. The van der Waals surface area contributed by atoms with Crippen LogP contribution in [0.15, 0.2) is 48.5 Å². The summed E-state index contributed by atoms with van der Waals surface area (Å²) < 4.78 is 13.4. The summed E-state index contributed by atoms with van der Waals surface area (Å²) in [4.78, 5) is 11.0. The minimum Gasteiger partial charge on any atom is -0.478 e. The molecule has 0 saturated heterocycles. The predicted molar refractivity (Wildman–Crippen MR) is 86.9 cm³/mol. The molecule has 3 rings (SSSR count). The number of hydrogen-bond donors (Lipinski definition) is 2. The third-order valence-electron chi connectivity index (χ3n) is 4.58. The topological polar surface area (TPSA) is 49.3 Å². The van der Waals surface area contributed by atoms with Crippen LogP contribution in [0.25, 0.3) is 0 Å². The lowest BCUT2D eigenvalue weighted by molar-refractivity contribution is 0.0696. The van der Waals surface area contributed by atoms with E-state index in [1.807, 2.05) is 12.1 Å². The van der Waals surface area contributed by atoms with Gasteiger partial charge in [-0.2, -0.15) is 0 Å². The summed E-state index contributed by atoms with van der Waals surface area (Å²) >= 11 is 0. The van der Waals surface area contributed by atoms with Crippen molar-refractivity contribution in [2.75, 3.05) is 0 Å². The first-order valence-electron chi connectivity index (χ1n) is 7.88. The highest BCUT2D eigenvalue weighted by atomic mass is 19.1. The van der Waals surface area contributed by atoms with Crippen molar-refractivity contribution in [2.45, 2.75) is 37.8 Å². The first-order chi connectivity index (χ1) is 11.1. The van der Waals surface area contributed by atoms with E-state index in [0.29, 0.717) is 12.1 Å². The maximum atomic E-state index is 13.4. The predicted octanol–water partition coefficient (Wildman–Crippen LogP) is 3.78. The van der Waals surface area contributed by atoms with Crippen molar-refractivity contribution in [3.05, 3.63) is 71.0 Å². The van der Waals surface area contributed by atoms with Gasteiger partial charge in [-0.25, -0.2) is 9.18 Å². The summed E-state index contributed by atoms with van der Waals surface area (Å²) in [5, 5.41) is 12.6. The maximum Gasteiger partial charge on any atom is 0.335 e. The third-order valence-corrected chi connectivity index (χ3v) is 4.58. The number of carboxylic acids is 1. The summed E-state index contributed by atoms with van der Waals surface area (Å²) in [7, 11) is 0. The van der Waals surface area contributed by atoms with Crippen molar-refractivity contribution >= 4 is 5.97 Å². The second kappa shape index (κ2) is 6.50. The normalized spacial score (nSPS) is 15.9. The molecule has 0 heterocycles. The number of rotatable bonds is 6. The van der Waals surface area contributed by atoms with Crippen LogP contribution in [0.3, 0.4) is 0 Å². The number of halogens is 1. The summed E-state index contributed by atoms with van der Waals surface area (Å²) in [6.07, 6.45) is 4.07. The monoisotopic (exact) mass is 313 g/mol. The largest absolute Gasteiger partial charge is 0.478 e. The Morgan fingerprint density at radius 3 is 2.52 bits per heavy atom. The molecule has 0 spiro atoms. The average Bonchev–Trinajstić information content (AvgIpc) is 2.50. The molecular formula is C19H20FNO2. The zero-order chi connectivity index (χ0) is 16.3. The van der Waals surface area contributed by atoms with E-state index in [1.165, 1.54) is 6.07 Å². The maximum absolute atomic E-state index is 13.4. The summed E-state index contributed by atoms with van der Waals surface area (Å²) in [6, 6.07) is 13.7. The summed E-state index contributed by atoms with van der Waals surface area (Å²) in [6.45, 7) is 0.621. The number of aromatic carboxylic acids is 1. The van der Waals surface area contributed by atoms with Gasteiger partial charge in [0.05, 0.1) is 5.56 Å². The van der Waals surface area contributed by atoms with E-state index < -0.39 is 5.97 Å². The van der Waals surface area contributed by atoms with Gasteiger partial charge in [0.2, 0.25) is 0 Å². The molecule has 0 unspecified atom stereocenters. The van der Waals surface area contributed by atoms with Gasteiger partial charge in [-0.1, -0.05) is 24.3 Å². The Balaban J connectivity index is 1.67. The molecule has 0 aliphatic heterocycles. The fourth-order valence-electron chi connectivity index (χ4n) is 3.16. The molecule has 2 aromatic carbocycles. The van der Waals surface area contributed by atoms with Gasteiger partial charge in [0.25, 0.3) is 0 Å². The number of hydrogen-bond acceptors (Lipinski definition) is 2. The van der Waals surface area contributed by atoms with Crippen LogP contribution in [0.2, 0.25) is 0 Å². The molecule has 0 bridgehead atoms. The lowest BCUT2D eigenvalue weighted by Crippen LogP contribution is -2.52. The highest BCUT2D eigenvalue weighted by Crippen LogP contribution is 2.35. The standard InChI is InChI=1S/C19H20FNO2/c20-17-7-2-4-14(11-17)12-19(8-3-9-19)21-13-15-5-1-6-16(10-15)18(22)23/h1-2,4-7,10-11,21H,3,8-9,12-13H2,(H,22,23). The Bertz CT molecular complexity index is 710. The van der Waals surface area contributed by atoms with Gasteiger partial charge in [-0.3, -0.25) is 0 Å². The second-order valence-electron chi connectivity index (χ2n) is 6.30. The number of carbonyl (C=O) groups is 1. The molecule has 23 heavy (non-hydrogen) atoms. The van der Waals surface area contributed by atoms with Gasteiger partial charge in [0.1, 0.15) is 5.82 Å². The van der Waals surface area contributed by atoms with Gasteiger partial charge in [0, 0.05) is 12.1 Å². The molecular weight excluding hydrogens is 293 g/mol. The van der Waals surface area contributed by atoms with Crippen LogP contribution < -0.4 is 5.32 Å². The second-order valence-corrected chi connectivity index (χ2v) is 6.30. The SMILES string of the molecule is O=C(O)c1cccc(CNC2(Cc3cccc(F)c3)CCC2)c1. The van der Waals surface area contributed by atoms with Gasteiger partial charge in [-0.05, 0) is 61.1 Å². The Kier molecular flexibility index (Phi) is 4.44. The minimum absolute atomic E-state index is 0.00692. The van der Waals surface area contributed by atoms with E-state index in [0.717, 1.165) is 36.8 Å². The zero-order valence-corrected chi connectivity index (χ0v) is 12.9. The Hall–Kier alpha value is -2.20. The molecule has 1 aliphatic carbocycles. The van der Waals surface area contributed by atoms with Crippen molar-refractivity contribution < 1.29 is 14.3 Å². The van der Waals surface area contributed by atoms with Crippen molar-refractivity contribution in [3.8, 4) is 0 Å². The van der Waals surface area contributed by atoms with Crippen LogP contribution in [-0.2, 0) is 13.0 Å². The third kappa shape index (κ3) is 3.77. The van der Waals surface area contributed by atoms with Crippen molar-refractivity contribution in [1.82, 2.24) is 5.32 Å². The first-order valence-corrected chi connectivity index (χ1v) is 7.88. The van der Waals surface area contributed by atoms with Crippen LogP contribution in [0.4, 0.5) is 4.39 Å². The minimum atomic E-state index is -0.912. The van der Waals surface area contributed by atoms with E-state index >= 15 is 0 Å². The molecule has 4 heteroatoms. The fraction of sp³-hybridized carbons (Fsp3) is 0.316. The Morgan fingerprint density at radius 2 is 1.87 bits per heavy atom. The van der Waals surface area contributed by atoms with E-state index in [9.17, 15) is 9.18 Å². The van der Waals surface area contributed by atoms with Crippen LogP contribution in [0.1, 0.15) is 40.7 Å². The molecule has 0 radical (unpaired) electrons. The highest BCUT2D eigenvalue weighted by molar-refractivity contribution is 5.87. The first kappa shape index (κ1) is 15.7. The number of carboxylic acid groups (broad SMARTS) is 1. The van der Waals surface area contributed by atoms with Crippen molar-refractivity contribution in [2.24, 2.45) is 0 Å². The molecule has 1 aliphatic rings. The van der Waals surface area contributed by atoms with E-state index in [4.69, 9.17) is 5.11 Å². The van der Waals surface area contributed by atoms with Crippen LogP contribution in [0.5, 0.6) is 0 Å². The highest BCUT2D eigenvalue weighted by Gasteiger charge is 2.36. The van der Waals surface area contributed by atoms with E-state index in [-0.39, 0.29) is 11.4 Å². The summed E-state index contributed by atoms with van der Waals surface area (Å²) in [5.74, 6) is -1.11. The van der Waals surface area contributed by atoms with Gasteiger partial charge in [-0.15, -0.1) is 0 Å². The van der Waals surface area contributed by atoms with Crippen molar-refractivity contribution in [3.63, 3.8) is 0 Å². The zero-order valence-electron chi connectivity index (χ0n) is 12.9. The average molecular weight is 313 g/mol. The number of nitrogens with one attached hydrogen (secondary N) is 1. The quantitative estimate of drug-likeness (QED) is 0.853. The molecule has 1 saturated carbocycles. The van der Waals surface area contributed by atoms with E-state index in [1.54, 1.807) is 30.3 Å². The van der Waals surface area contributed by atoms with Crippen LogP contribution >= 0.6 is 0 Å². The van der Waals surface area contributed by atoms with Crippen LogP contribution in [0, 0.1) is 5.82 Å². The van der Waals surface area contributed by atoms with Crippen LogP contribution in [-0.4, -0.2) is 16.6 Å². The van der Waals surface area contributed by atoms with E-state index in [2.05, 4.69) is 5.32 Å². The molecule has 0 atom stereocenters. The van der Waals surface area contributed by atoms with Gasteiger partial charge < -0.3 is 10.4 Å². The summed E-state index contributed by atoms with van der Waals surface area (Å²) in [5.41, 5.74) is 2.25. The number of benzene rings is 2. The molecule has 1 fully saturated rings. The molecule has 2 aromatic rings. The molecule has 0 amide bonds. The Labute approximate surface area is 135 Å². The molecule has 0 aromatic heterocycles. The lowest BCUT2D eigenvalue weighted by atomic mass is 9.72. The van der Waals surface area contributed by atoms with Gasteiger partial charge >= 0.3 is 5.97 Å².